The van der Waals surface area contributed by atoms with Crippen LogP contribution >= 0.6 is 31.9 Å². The molecule has 0 N–H and O–H groups in total. The van der Waals surface area contributed by atoms with E-state index in [1.165, 1.54) is 5.69 Å². The second-order valence-electron chi connectivity index (χ2n) is 3.40. The van der Waals surface area contributed by atoms with Gasteiger partial charge in [-0.25, -0.2) is 0 Å². The van der Waals surface area contributed by atoms with E-state index >= 15 is 0 Å². The number of halogens is 2. The Morgan fingerprint density at radius 2 is 2.47 bits per heavy atom. The summed E-state index contributed by atoms with van der Waals surface area (Å²) >= 11 is 7.05. The number of anilines is 1. The zero-order chi connectivity index (χ0) is 10.7. The molecule has 1 aromatic rings. The molecule has 0 radical (unpaired) electrons. The van der Waals surface area contributed by atoms with Gasteiger partial charge in [-0.05, 0) is 22.0 Å². The highest BCUT2D eigenvalue weighted by Crippen LogP contribution is 2.28. The number of hydrogen-bond donors (Lipinski definition) is 0. The third-order valence-corrected chi connectivity index (χ3v) is 3.82. The summed E-state index contributed by atoms with van der Waals surface area (Å²) < 4.78 is 6.50. The lowest BCUT2D eigenvalue weighted by molar-refractivity contribution is 0.100. The van der Waals surface area contributed by atoms with Gasteiger partial charge in [0.15, 0.2) is 0 Å². The van der Waals surface area contributed by atoms with Crippen LogP contribution in [0.15, 0.2) is 22.9 Å². The molecule has 1 unspecified atom stereocenters. The maximum absolute atomic E-state index is 5.46. The molecule has 82 valence electrons. The van der Waals surface area contributed by atoms with Gasteiger partial charge in [-0.1, -0.05) is 15.9 Å². The van der Waals surface area contributed by atoms with Crippen molar-refractivity contribution in [3.63, 3.8) is 0 Å². The Balaban J connectivity index is 2.24. The van der Waals surface area contributed by atoms with Crippen molar-refractivity contribution in [2.75, 3.05) is 30.0 Å². The smallest absolute Gasteiger partial charge is 0.0679 e. The van der Waals surface area contributed by atoms with Crippen LogP contribution in [0.25, 0.3) is 0 Å². The monoisotopic (exact) mass is 334 g/mol. The van der Waals surface area contributed by atoms with E-state index in [-0.39, 0.29) is 0 Å². The van der Waals surface area contributed by atoms with Gasteiger partial charge in [0.1, 0.15) is 0 Å². The number of ether oxygens (including phenoxy) is 1. The normalized spacial score (nSPS) is 21.7. The van der Waals surface area contributed by atoms with Gasteiger partial charge < -0.3 is 9.64 Å². The molecular formula is C10H12Br2N2O. The minimum atomic E-state index is 0.400. The van der Waals surface area contributed by atoms with Crippen molar-refractivity contribution in [3.05, 3.63) is 22.9 Å². The van der Waals surface area contributed by atoms with E-state index in [4.69, 9.17) is 4.74 Å². The fraction of sp³-hybridized carbons (Fsp3) is 0.500. The lowest BCUT2D eigenvalue weighted by atomic mass is 10.2. The van der Waals surface area contributed by atoms with Crippen LogP contribution < -0.4 is 4.90 Å². The Bertz CT molecular complexity index is 335. The molecule has 0 bridgehead atoms. The first kappa shape index (κ1) is 11.4. The van der Waals surface area contributed by atoms with Gasteiger partial charge in [0.2, 0.25) is 0 Å². The van der Waals surface area contributed by atoms with Gasteiger partial charge >= 0.3 is 0 Å². The molecule has 1 aromatic heterocycles. The van der Waals surface area contributed by atoms with Crippen molar-refractivity contribution in [2.45, 2.75) is 6.04 Å². The molecule has 0 saturated carbocycles. The van der Waals surface area contributed by atoms with Crippen molar-refractivity contribution < 1.29 is 4.74 Å². The zero-order valence-electron chi connectivity index (χ0n) is 8.20. The number of morpholine rings is 1. The molecular weight excluding hydrogens is 324 g/mol. The Kier molecular flexibility index (Phi) is 3.99. The summed E-state index contributed by atoms with van der Waals surface area (Å²) in [5.41, 5.74) is 1.19. The van der Waals surface area contributed by atoms with E-state index in [2.05, 4.69) is 41.7 Å². The van der Waals surface area contributed by atoms with Crippen LogP contribution in [-0.4, -0.2) is 36.1 Å². The van der Waals surface area contributed by atoms with E-state index in [0.717, 1.165) is 29.6 Å². The topological polar surface area (TPSA) is 25.4 Å². The largest absolute Gasteiger partial charge is 0.377 e. The minimum absolute atomic E-state index is 0.400. The first-order valence-electron chi connectivity index (χ1n) is 4.83. The Morgan fingerprint density at radius 1 is 1.60 bits per heavy atom. The van der Waals surface area contributed by atoms with Crippen LogP contribution in [0.5, 0.6) is 0 Å². The van der Waals surface area contributed by atoms with Crippen LogP contribution in [0.1, 0.15) is 0 Å². The standard InChI is InChI=1S/C10H12Br2N2O/c11-5-8-7-15-4-3-14(8)10-1-2-13-6-9(10)12/h1-2,6,8H,3-5,7H2. The predicted molar refractivity (Wildman–Crippen MR) is 67.7 cm³/mol. The number of rotatable bonds is 2. The Hall–Kier alpha value is -0.130. The van der Waals surface area contributed by atoms with Crippen LogP contribution in [-0.2, 0) is 4.74 Å². The average Bonchev–Trinajstić information content (AvgIpc) is 2.30. The second-order valence-corrected chi connectivity index (χ2v) is 4.91. The molecule has 1 aliphatic heterocycles. The molecule has 1 atom stereocenters. The fourth-order valence-corrected chi connectivity index (χ4v) is 2.72. The number of pyridine rings is 1. The summed E-state index contributed by atoms with van der Waals surface area (Å²) in [6.45, 7) is 2.50. The molecule has 3 nitrogen and oxygen atoms in total. The summed E-state index contributed by atoms with van der Waals surface area (Å²) in [4.78, 5) is 6.43. The molecule has 2 heterocycles. The first-order valence-corrected chi connectivity index (χ1v) is 6.74. The molecule has 5 heteroatoms. The van der Waals surface area contributed by atoms with Crippen LogP contribution in [0, 0.1) is 0 Å². The van der Waals surface area contributed by atoms with E-state index in [1.54, 1.807) is 0 Å². The summed E-state index contributed by atoms with van der Waals surface area (Å²) in [5, 5.41) is 0.918. The van der Waals surface area contributed by atoms with Crippen molar-refractivity contribution >= 4 is 37.5 Å². The molecule has 0 spiro atoms. The van der Waals surface area contributed by atoms with Crippen molar-refractivity contribution in [3.8, 4) is 0 Å². The third-order valence-electron chi connectivity index (χ3n) is 2.47. The van der Waals surface area contributed by atoms with E-state index < -0.39 is 0 Å². The highest BCUT2D eigenvalue weighted by molar-refractivity contribution is 9.10. The minimum Gasteiger partial charge on any atom is -0.377 e. The summed E-state index contributed by atoms with van der Waals surface area (Å²) in [6, 6.07) is 2.43. The third kappa shape index (κ3) is 2.52. The number of aromatic nitrogens is 1. The summed E-state index contributed by atoms with van der Waals surface area (Å²) in [5.74, 6) is 0. The molecule has 2 rings (SSSR count). The zero-order valence-corrected chi connectivity index (χ0v) is 11.4. The quantitative estimate of drug-likeness (QED) is 0.776. The predicted octanol–water partition coefficient (Wildman–Crippen LogP) is 2.44. The van der Waals surface area contributed by atoms with Gasteiger partial charge in [0.25, 0.3) is 0 Å². The molecule has 0 aliphatic carbocycles. The van der Waals surface area contributed by atoms with Crippen LogP contribution in [0.3, 0.4) is 0 Å². The fourth-order valence-electron chi connectivity index (χ4n) is 1.70. The highest BCUT2D eigenvalue weighted by Gasteiger charge is 2.23. The van der Waals surface area contributed by atoms with E-state index in [1.807, 2.05) is 18.5 Å². The molecule has 1 aliphatic rings. The second kappa shape index (κ2) is 5.27. The highest BCUT2D eigenvalue weighted by atomic mass is 79.9. The molecule has 1 fully saturated rings. The van der Waals surface area contributed by atoms with Crippen LogP contribution in [0.2, 0.25) is 0 Å². The van der Waals surface area contributed by atoms with Gasteiger partial charge in [-0.2, -0.15) is 0 Å². The van der Waals surface area contributed by atoms with Gasteiger partial charge in [0.05, 0.1) is 29.4 Å². The maximum Gasteiger partial charge on any atom is 0.0679 e. The number of alkyl halides is 1. The summed E-state index contributed by atoms with van der Waals surface area (Å²) in [6.07, 6.45) is 3.65. The van der Waals surface area contributed by atoms with Crippen molar-refractivity contribution in [1.29, 1.82) is 0 Å². The molecule has 1 saturated heterocycles. The SMILES string of the molecule is BrCC1COCCN1c1ccncc1Br. The maximum atomic E-state index is 5.46. The van der Waals surface area contributed by atoms with Gasteiger partial charge in [0, 0.05) is 24.3 Å². The Labute approximate surface area is 106 Å². The summed E-state index contributed by atoms with van der Waals surface area (Å²) in [7, 11) is 0. The first-order chi connectivity index (χ1) is 7.33. The molecule has 0 amide bonds. The lowest BCUT2D eigenvalue weighted by Gasteiger charge is -2.36. The van der Waals surface area contributed by atoms with Crippen LogP contribution in [0.4, 0.5) is 5.69 Å². The average molecular weight is 336 g/mol. The number of nitrogens with zero attached hydrogens (tertiary/aromatic N) is 2. The van der Waals surface area contributed by atoms with Crippen molar-refractivity contribution in [2.24, 2.45) is 0 Å². The van der Waals surface area contributed by atoms with Crippen molar-refractivity contribution in [1.82, 2.24) is 4.98 Å². The number of hydrogen-bond acceptors (Lipinski definition) is 3. The van der Waals surface area contributed by atoms with E-state index in [9.17, 15) is 0 Å². The lowest BCUT2D eigenvalue weighted by Crippen LogP contribution is -2.46. The van der Waals surface area contributed by atoms with E-state index in [0.29, 0.717) is 6.04 Å². The molecule has 0 aromatic carbocycles. The van der Waals surface area contributed by atoms with Gasteiger partial charge in [-0.15, -0.1) is 0 Å². The molecule has 15 heavy (non-hydrogen) atoms. The Morgan fingerprint density at radius 3 is 3.20 bits per heavy atom. The van der Waals surface area contributed by atoms with Gasteiger partial charge in [-0.3, -0.25) is 4.98 Å².